The molecular weight excluding hydrogens is 495 g/mol. The molecular formula is C29H32F3N3O3. The van der Waals surface area contributed by atoms with E-state index in [1.165, 1.54) is 12.1 Å². The van der Waals surface area contributed by atoms with Gasteiger partial charge in [-0.05, 0) is 37.8 Å². The second kappa shape index (κ2) is 9.93. The number of amides is 1. The molecule has 2 aliphatic heterocycles. The minimum Gasteiger partial charge on any atom is -0.492 e. The number of para-hydroxylation sites is 1. The first-order valence-corrected chi connectivity index (χ1v) is 13.3. The van der Waals surface area contributed by atoms with E-state index in [9.17, 15) is 14.3 Å². The molecule has 202 valence electrons. The van der Waals surface area contributed by atoms with Gasteiger partial charge in [0.15, 0.2) is 0 Å². The van der Waals surface area contributed by atoms with E-state index in [-0.39, 0.29) is 48.4 Å². The summed E-state index contributed by atoms with van der Waals surface area (Å²) in [6, 6.07) is 8.80. The molecule has 3 aromatic rings. The predicted molar refractivity (Wildman–Crippen MR) is 137 cm³/mol. The summed E-state index contributed by atoms with van der Waals surface area (Å²) in [5, 5.41) is 10.8. The summed E-state index contributed by atoms with van der Waals surface area (Å²) in [7, 11) is 0. The molecule has 2 fully saturated rings. The van der Waals surface area contributed by atoms with E-state index in [2.05, 4.69) is 4.98 Å². The van der Waals surface area contributed by atoms with Gasteiger partial charge in [-0.2, -0.15) is 0 Å². The number of fused-ring (bicyclic) bond motifs is 3. The van der Waals surface area contributed by atoms with E-state index < -0.39 is 23.8 Å². The largest absolute Gasteiger partial charge is 0.492 e. The Balaban J connectivity index is 1.33. The van der Waals surface area contributed by atoms with Crippen molar-refractivity contribution in [1.82, 2.24) is 14.8 Å². The standard InChI is InChI=1S/C29H32F3N3O3/c1-16-8-22-21-4-2-3-5-25(21)33-27(22)28(35(16)29(37)18-9-19(36)10-18)26-23(31)11-20(12-24(26)32)38-7-6-34-14-17(13-30)15-34/h2-5,11-12,16-19,28,33,36H,6-10,13-15H2,1H3/t16?,18?,19?,28-/m1/s1. The summed E-state index contributed by atoms with van der Waals surface area (Å²) in [4.78, 5) is 20.6. The number of halogens is 3. The number of carbonyl (C=O) groups is 1. The Hall–Kier alpha value is -3.04. The zero-order valence-corrected chi connectivity index (χ0v) is 21.3. The van der Waals surface area contributed by atoms with Gasteiger partial charge in [0, 0.05) is 66.2 Å². The summed E-state index contributed by atoms with van der Waals surface area (Å²) in [6.07, 6.45) is 0.751. The van der Waals surface area contributed by atoms with Crippen molar-refractivity contribution >= 4 is 16.8 Å². The zero-order valence-electron chi connectivity index (χ0n) is 21.3. The quantitative estimate of drug-likeness (QED) is 0.479. The number of nitrogens with zero attached hydrogens (tertiary/aromatic N) is 2. The van der Waals surface area contributed by atoms with Crippen molar-refractivity contribution in [2.45, 2.75) is 44.4 Å². The molecule has 0 radical (unpaired) electrons. The Morgan fingerprint density at radius 2 is 1.87 bits per heavy atom. The zero-order chi connectivity index (χ0) is 26.6. The Morgan fingerprint density at radius 1 is 1.16 bits per heavy atom. The number of nitrogens with one attached hydrogen (secondary N) is 1. The number of rotatable bonds is 7. The summed E-state index contributed by atoms with van der Waals surface area (Å²) in [5.41, 5.74) is 2.23. The molecule has 2 atom stereocenters. The van der Waals surface area contributed by atoms with Gasteiger partial charge in [0.1, 0.15) is 30.0 Å². The second-order valence-corrected chi connectivity index (χ2v) is 11.0. The first kappa shape index (κ1) is 25.2. The van der Waals surface area contributed by atoms with Crippen LogP contribution in [0, 0.1) is 23.5 Å². The van der Waals surface area contributed by atoms with E-state index >= 15 is 8.78 Å². The number of hydrogen-bond donors (Lipinski definition) is 2. The number of aliphatic hydroxyl groups is 1. The fraction of sp³-hybridized carbons (Fsp3) is 0.483. The van der Waals surface area contributed by atoms with E-state index in [0.717, 1.165) is 16.5 Å². The maximum absolute atomic E-state index is 15.8. The molecule has 6 nitrogen and oxygen atoms in total. The number of benzene rings is 2. The van der Waals surface area contributed by atoms with Gasteiger partial charge in [-0.3, -0.25) is 14.1 Å². The highest BCUT2D eigenvalue weighted by Gasteiger charge is 2.45. The van der Waals surface area contributed by atoms with Gasteiger partial charge < -0.3 is 19.7 Å². The van der Waals surface area contributed by atoms with E-state index in [1.807, 2.05) is 36.1 Å². The Kier molecular flexibility index (Phi) is 6.60. The van der Waals surface area contributed by atoms with Crippen molar-refractivity contribution in [3.63, 3.8) is 0 Å². The molecule has 0 bridgehead atoms. The first-order valence-electron chi connectivity index (χ1n) is 13.3. The molecule has 6 rings (SSSR count). The molecule has 2 aromatic carbocycles. The van der Waals surface area contributed by atoms with Gasteiger partial charge >= 0.3 is 0 Å². The van der Waals surface area contributed by atoms with Gasteiger partial charge in [0.05, 0.1) is 18.3 Å². The van der Waals surface area contributed by atoms with Crippen LogP contribution in [0.15, 0.2) is 36.4 Å². The molecule has 38 heavy (non-hydrogen) atoms. The van der Waals surface area contributed by atoms with Gasteiger partial charge in [-0.25, -0.2) is 8.78 Å². The van der Waals surface area contributed by atoms with Crippen molar-refractivity contribution in [3.8, 4) is 5.75 Å². The lowest BCUT2D eigenvalue weighted by molar-refractivity contribution is -0.147. The smallest absolute Gasteiger partial charge is 0.226 e. The van der Waals surface area contributed by atoms with Crippen LogP contribution in [0.2, 0.25) is 0 Å². The molecule has 3 aliphatic rings. The van der Waals surface area contributed by atoms with Crippen LogP contribution in [0.3, 0.4) is 0 Å². The van der Waals surface area contributed by atoms with Gasteiger partial charge in [0.2, 0.25) is 5.91 Å². The van der Waals surface area contributed by atoms with Gasteiger partial charge in [0.25, 0.3) is 0 Å². The van der Waals surface area contributed by atoms with Crippen LogP contribution in [0.4, 0.5) is 13.2 Å². The number of aromatic nitrogens is 1. The Bertz CT molecular complexity index is 1330. The van der Waals surface area contributed by atoms with Gasteiger partial charge in [-0.1, -0.05) is 18.2 Å². The van der Waals surface area contributed by atoms with Crippen molar-refractivity contribution in [2.75, 3.05) is 32.9 Å². The maximum atomic E-state index is 15.8. The predicted octanol–water partition coefficient (Wildman–Crippen LogP) is 4.36. The number of H-pyrrole nitrogens is 1. The van der Waals surface area contributed by atoms with E-state index in [1.54, 1.807) is 4.90 Å². The SMILES string of the molecule is CC1Cc2c([nH]c3ccccc23)[C@@H](c2c(F)cc(OCCN3CC(CF)C3)cc2F)N1C(=O)C1CC(O)C1. The Labute approximate surface area is 219 Å². The third kappa shape index (κ3) is 4.35. The van der Waals surface area contributed by atoms with Crippen molar-refractivity contribution in [3.05, 3.63) is 64.9 Å². The number of hydrogen-bond acceptors (Lipinski definition) is 4. The van der Waals surface area contributed by atoms with Crippen LogP contribution in [0.25, 0.3) is 10.9 Å². The molecule has 1 saturated carbocycles. The van der Waals surface area contributed by atoms with E-state index in [0.29, 0.717) is 44.6 Å². The fourth-order valence-electron chi connectivity index (χ4n) is 6.24. The van der Waals surface area contributed by atoms with Crippen molar-refractivity contribution in [1.29, 1.82) is 0 Å². The number of ether oxygens (including phenoxy) is 1. The van der Waals surface area contributed by atoms with Crippen LogP contribution in [0.5, 0.6) is 5.75 Å². The number of carbonyl (C=O) groups excluding carboxylic acids is 1. The summed E-state index contributed by atoms with van der Waals surface area (Å²) < 4.78 is 49.8. The highest BCUT2D eigenvalue weighted by Crippen LogP contribution is 2.45. The first-order chi connectivity index (χ1) is 18.3. The lowest BCUT2D eigenvalue weighted by Crippen LogP contribution is -2.52. The molecule has 3 heterocycles. The average Bonchev–Trinajstić information content (AvgIpc) is 3.21. The highest BCUT2D eigenvalue weighted by atomic mass is 19.1. The summed E-state index contributed by atoms with van der Waals surface area (Å²) in [5.74, 6) is -1.99. The Morgan fingerprint density at radius 3 is 2.55 bits per heavy atom. The highest BCUT2D eigenvalue weighted by molar-refractivity contribution is 5.87. The van der Waals surface area contributed by atoms with Crippen molar-refractivity contribution < 1.29 is 27.8 Å². The fourth-order valence-corrected chi connectivity index (χ4v) is 6.24. The molecule has 1 aliphatic carbocycles. The third-order valence-corrected chi connectivity index (χ3v) is 8.34. The lowest BCUT2D eigenvalue weighted by atomic mass is 9.79. The maximum Gasteiger partial charge on any atom is 0.226 e. The van der Waals surface area contributed by atoms with Crippen LogP contribution in [-0.4, -0.2) is 70.9 Å². The summed E-state index contributed by atoms with van der Waals surface area (Å²) >= 11 is 0. The number of likely N-dealkylation sites (tertiary alicyclic amines) is 1. The topological polar surface area (TPSA) is 68.8 Å². The van der Waals surface area contributed by atoms with Gasteiger partial charge in [-0.15, -0.1) is 0 Å². The normalized spacial score (nSPS) is 25.7. The third-order valence-electron chi connectivity index (χ3n) is 8.34. The van der Waals surface area contributed by atoms with Crippen LogP contribution < -0.4 is 4.74 Å². The van der Waals surface area contributed by atoms with Crippen molar-refractivity contribution in [2.24, 2.45) is 11.8 Å². The minimum absolute atomic E-state index is 0.0606. The molecule has 1 unspecified atom stereocenters. The number of aromatic amines is 1. The molecule has 1 amide bonds. The minimum atomic E-state index is -0.973. The monoisotopic (exact) mass is 527 g/mol. The van der Waals surface area contributed by atoms with E-state index in [4.69, 9.17) is 4.74 Å². The molecule has 9 heteroatoms. The number of aliphatic hydroxyl groups excluding tert-OH is 1. The number of alkyl halides is 1. The van der Waals surface area contributed by atoms with Crippen LogP contribution in [-0.2, 0) is 11.2 Å². The molecule has 1 aromatic heterocycles. The lowest BCUT2D eigenvalue weighted by Gasteiger charge is -2.45. The van der Waals surface area contributed by atoms with Crippen LogP contribution >= 0.6 is 0 Å². The van der Waals surface area contributed by atoms with Crippen LogP contribution in [0.1, 0.15) is 42.6 Å². The second-order valence-electron chi connectivity index (χ2n) is 11.0. The molecule has 0 spiro atoms. The molecule has 2 N–H and O–H groups in total. The molecule has 1 saturated heterocycles. The average molecular weight is 528 g/mol. The summed E-state index contributed by atoms with van der Waals surface area (Å²) in [6.45, 7) is 3.68.